The summed E-state index contributed by atoms with van der Waals surface area (Å²) in [6, 6.07) is 15.5. The molecular weight excluding hydrogens is 453 g/mol. The van der Waals surface area contributed by atoms with Crippen molar-refractivity contribution in [1.29, 1.82) is 0 Å². The maximum atomic E-state index is 10.6. The summed E-state index contributed by atoms with van der Waals surface area (Å²) in [5.74, 6) is -0.295. The van der Waals surface area contributed by atoms with Crippen molar-refractivity contribution in [3.05, 3.63) is 69.3 Å². The Balaban J connectivity index is 0.00000280. The van der Waals surface area contributed by atoms with E-state index in [4.69, 9.17) is 21.4 Å². The molecule has 140 valence electrons. The number of aliphatic carboxylic acids is 1. The number of carboxylic acid groups (broad SMARTS) is 1. The Morgan fingerprint density at radius 1 is 1.14 bits per heavy atom. The third kappa shape index (κ3) is 6.61. The summed E-state index contributed by atoms with van der Waals surface area (Å²) in [7, 11) is 0. The SMILES string of the molecule is O=C(O)CCCOc1cc(/C=C/c2ccc3ccc(Br)cc3n2)ccc1Cl.[NaH]. The summed E-state index contributed by atoms with van der Waals surface area (Å²) in [5.41, 5.74) is 2.69. The zero-order valence-corrected chi connectivity index (χ0v) is 16.7. The third-order valence-corrected chi connectivity index (χ3v) is 4.68. The van der Waals surface area contributed by atoms with Gasteiger partial charge in [-0.25, -0.2) is 4.98 Å². The molecule has 4 nitrogen and oxygen atoms in total. The van der Waals surface area contributed by atoms with Crippen LogP contribution in [0.4, 0.5) is 0 Å². The predicted molar refractivity (Wildman–Crippen MR) is 119 cm³/mol. The average molecular weight is 471 g/mol. The molecule has 0 radical (unpaired) electrons. The normalized spacial score (nSPS) is 10.8. The first-order valence-electron chi connectivity index (χ1n) is 8.40. The van der Waals surface area contributed by atoms with Crippen molar-refractivity contribution >= 4 is 86.1 Å². The van der Waals surface area contributed by atoms with E-state index in [9.17, 15) is 4.79 Å². The van der Waals surface area contributed by atoms with Crippen LogP contribution in [0.15, 0.2) is 53.0 Å². The van der Waals surface area contributed by atoms with Gasteiger partial charge in [0, 0.05) is 16.3 Å². The van der Waals surface area contributed by atoms with Gasteiger partial charge >= 0.3 is 35.5 Å². The molecule has 1 N–H and O–H groups in total. The summed E-state index contributed by atoms with van der Waals surface area (Å²) in [5, 5.41) is 10.2. The van der Waals surface area contributed by atoms with Gasteiger partial charge in [0.1, 0.15) is 5.75 Å². The number of nitrogens with zero attached hydrogens (tertiary/aromatic N) is 1. The Kier molecular flexibility index (Phi) is 8.99. The Bertz CT molecular complexity index is 1010. The van der Waals surface area contributed by atoms with E-state index in [1.54, 1.807) is 6.07 Å². The number of aromatic nitrogens is 1. The minimum atomic E-state index is -0.837. The van der Waals surface area contributed by atoms with Crippen molar-refractivity contribution in [2.75, 3.05) is 6.61 Å². The average Bonchev–Trinajstić information content (AvgIpc) is 2.64. The summed E-state index contributed by atoms with van der Waals surface area (Å²) < 4.78 is 6.59. The van der Waals surface area contributed by atoms with Gasteiger partial charge in [0.2, 0.25) is 0 Å². The Labute approximate surface area is 199 Å². The van der Waals surface area contributed by atoms with Gasteiger partial charge in [-0.2, -0.15) is 0 Å². The first kappa shape index (κ1) is 22.9. The van der Waals surface area contributed by atoms with Crippen molar-refractivity contribution in [2.45, 2.75) is 12.8 Å². The Morgan fingerprint density at radius 2 is 1.93 bits per heavy atom. The van der Waals surface area contributed by atoms with E-state index >= 15 is 0 Å². The van der Waals surface area contributed by atoms with Crippen LogP contribution >= 0.6 is 27.5 Å². The van der Waals surface area contributed by atoms with Gasteiger partial charge in [-0.05, 0) is 48.4 Å². The fourth-order valence-corrected chi connectivity index (χ4v) is 3.04. The number of hydrogen-bond acceptors (Lipinski definition) is 3. The summed E-state index contributed by atoms with van der Waals surface area (Å²) in [6.45, 7) is 0.306. The van der Waals surface area contributed by atoms with Crippen LogP contribution in [-0.4, -0.2) is 52.2 Å². The second kappa shape index (κ2) is 11.0. The van der Waals surface area contributed by atoms with Gasteiger partial charge in [-0.1, -0.05) is 51.8 Å². The van der Waals surface area contributed by atoms with E-state index in [0.29, 0.717) is 23.8 Å². The number of pyridine rings is 1. The second-order valence-corrected chi connectivity index (χ2v) is 7.26. The molecule has 0 aliphatic heterocycles. The van der Waals surface area contributed by atoms with Gasteiger partial charge < -0.3 is 9.84 Å². The first-order valence-corrected chi connectivity index (χ1v) is 9.57. The van der Waals surface area contributed by atoms with E-state index in [1.807, 2.05) is 54.6 Å². The molecule has 2 aromatic carbocycles. The molecule has 0 spiro atoms. The Hall–Kier alpha value is -1.37. The monoisotopic (exact) mass is 469 g/mol. The molecule has 3 rings (SSSR count). The van der Waals surface area contributed by atoms with Crippen LogP contribution in [0.3, 0.4) is 0 Å². The predicted octanol–water partition coefficient (Wildman–Crippen LogP) is 5.42. The molecule has 0 saturated heterocycles. The van der Waals surface area contributed by atoms with Crippen molar-refractivity contribution < 1.29 is 14.6 Å². The van der Waals surface area contributed by atoms with Crippen LogP contribution < -0.4 is 4.74 Å². The van der Waals surface area contributed by atoms with Crippen molar-refractivity contribution in [2.24, 2.45) is 0 Å². The number of hydrogen-bond donors (Lipinski definition) is 1. The molecule has 0 aliphatic carbocycles. The molecule has 7 heteroatoms. The molecule has 0 amide bonds. The fraction of sp³-hybridized carbons (Fsp3) is 0.143. The number of benzene rings is 2. The minimum absolute atomic E-state index is 0. The summed E-state index contributed by atoms with van der Waals surface area (Å²) in [6.07, 6.45) is 4.37. The van der Waals surface area contributed by atoms with Gasteiger partial charge in [-0.15, -0.1) is 0 Å². The molecule has 0 fully saturated rings. The molecule has 0 unspecified atom stereocenters. The van der Waals surface area contributed by atoms with Crippen molar-refractivity contribution in [1.82, 2.24) is 4.98 Å². The molecule has 3 aromatic rings. The molecule has 1 heterocycles. The van der Waals surface area contributed by atoms with E-state index in [1.165, 1.54) is 0 Å². The molecule has 0 atom stereocenters. The van der Waals surface area contributed by atoms with Crippen LogP contribution in [0.25, 0.3) is 23.1 Å². The molecular formula is C21H18BrClNNaO3. The number of carboxylic acids is 1. The van der Waals surface area contributed by atoms with Crippen LogP contribution in [0.1, 0.15) is 24.1 Å². The molecule has 1 aromatic heterocycles. The van der Waals surface area contributed by atoms with Crippen LogP contribution in [0, 0.1) is 0 Å². The van der Waals surface area contributed by atoms with Crippen molar-refractivity contribution in [3.8, 4) is 5.75 Å². The van der Waals surface area contributed by atoms with E-state index in [0.717, 1.165) is 26.6 Å². The molecule has 0 bridgehead atoms. The van der Waals surface area contributed by atoms with E-state index < -0.39 is 5.97 Å². The summed E-state index contributed by atoms with van der Waals surface area (Å²) in [4.78, 5) is 15.2. The van der Waals surface area contributed by atoms with Gasteiger partial charge in [-0.3, -0.25) is 4.79 Å². The zero-order valence-electron chi connectivity index (χ0n) is 14.4. The van der Waals surface area contributed by atoms with Gasteiger partial charge in [0.25, 0.3) is 0 Å². The number of halogens is 2. The number of carbonyl (C=O) groups is 1. The second-order valence-electron chi connectivity index (χ2n) is 5.94. The summed E-state index contributed by atoms with van der Waals surface area (Å²) >= 11 is 9.62. The first-order chi connectivity index (χ1) is 13.0. The van der Waals surface area contributed by atoms with E-state index in [-0.39, 0.29) is 36.0 Å². The number of ether oxygens (including phenoxy) is 1. The van der Waals surface area contributed by atoms with E-state index in [2.05, 4.69) is 20.9 Å². The van der Waals surface area contributed by atoms with Gasteiger partial charge in [0.15, 0.2) is 0 Å². The fourth-order valence-electron chi connectivity index (χ4n) is 2.52. The van der Waals surface area contributed by atoms with Crippen LogP contribution in [-0.2, 0) is 4.79 Å². The van der Waals surface area contributed by atoms with Gasteiger partial charge in [0.05, 0.1) is 22.8 Å². The molecule has 0 saturated carbocycles. The standard InChI is InChI=1S/C21H17BrClNO3.Na.H/c22-16-7-5-15-6-9-17(24-19(15)13-16)8-3-14-4-10-18(23)20(12-14)27-11-1-2-21(25)26;;/h3-10,12-13H,1-2,11H2,(H,25,26);;/b8-3+;;. The maximum absolute atomic E-state index is 10.6. The number of rotatable bonds is 7. The Morgan fingerprint density at radius 3 is 2.71 bits per heavy atom. The molecule has 28 heavy (non-hydrogen) atoms. The number of fused-ring (bicyclic) bond motifs is 1. The van der Waals surface area contributed by atoms with Crippen LogP contribution in [0.5, 0.6) is 5.75 Å². The third-order valence-electron chi connectivity index (χ3n) is 3.87. The molecule has 0 aliphatic rings. The van der Waals surface area contributed by atoms with Crippen molar-refractivity contribution in [3.63, 3.8) is 0 Å². The van der Waals surface area contributed by atoms with Crippen LogP contribution in [0.2, 0.25) is 5.02 Å². The topological polar surface area (TPSA) is 59.4 Å². The quantitative estimate of drug-likeness (QED) is 0.370. The zero-order chi connectivity index (χ0) is 19.2.